The quantitative estimate of drug-likeness (QED) is 0.205. The van der Waals surface area contributed by atoms with Crippen LogP contribution in [-0.2, 0) is 15.1 Å². The van der Waals surface area contributed by atoms with Crippen molar-refractivity contribution in [3.63, 3.8) is 0 Å². The summed E-state index contributed by atoms with van der Waals surface area (Å²) in [6.07, 6.45) is 6.60. The monoisotopic (exact) mass is 751 g/mol. The van der Waals surface area contributed by atoms with Crippen LogP contribution in [0.3, 0.4) is 0 Å². The Morgan fingerprint density at radius 3 is 2.65 bits per heavy atom. The number of rotatable bonds is 13. The molecule has 2 aromatic heterocycles. The first-order valence-corrected chi connectivity index (χ1v) is 18.3. The number of nitrogens with zero attached hydrogens (tertiary/aromatic N) is 5. The predicted octanol–water partition coefficient (Wildman–Crippen LogP) is 3.81. The van der Waals surface area contributed by atoms with Crippen LogP contribution in [-0.4, -0.2) is 110 Å². The van der Waals surface area contributed by atoms with E-state index < -0.39 is 54.4 Å². The van der Waals surface area contributed by atoms with Crippen molar-refractivity contribution in [2.75, 3.05) is 39.3 Å². The molecule has 15 heteroatoms. The van der Waals surface area contributed by atoms with Gasteiger partial charge in [-0.1, -0.05) is 42.0 Å². The average Bonchev–Trinajstić information content (AvgIpc) is 3.67. The van der Waals surface area contributed by atoms with Gasteiger partial charge in [-0.2, -0.15) is 18.3 Å². The maximum Gasteiger partial charge on any atom is 0.405 e. The second-order valence-electron chi connectivity index (χ2n) is 14.7. The van der Waals surface area contributed by atoms with Gasteiger partial charge >= 0.3 is 6.18 Å². The molecule has 3 aromatic rings. The molecule has 4 N–H and O–H groups in total. The number of ether oxygens (including phenoxy) is 1. The van der Waals surface area contributed by atoms with Gasteiger partial charge < -0.3 is 25.6 Å². The highest BCUT2D eigenvalue weighted by Crippen LogP contribution is 2.34. The first kappa shape index (κ1) is 39.1. The van der Waals surface area contributed by atoms with Crippen LogP contribution in [0.1, 0.15) is 56.8 Å². The molecule has 3 aliphatic rings. The van der Waals surface area contributed by atoms with Gasteiger partial charge in [-0.05, 0) is 63.8 Å². The second kappa shape index (κ2) is 16.8. The van der Waals surface area contributed by atoms with Crippen molar-refractivity contribution in [3.8, 4) is 11.4 Å². The Balaban J connectivity index is 1.18. The number of halogens is 3. The Morgan fingerprint density at radius 1 is 1.09 bits per heavy atom. The molecule has 1 aromatic carbocycles. The molecule has 1 saturated heterocycles. The first-order chi connectivity index (χ1) is 25.8. The number of carbonyl (C=O) groups is 2. The van der Waals surface area contributed by atoms with Crippen LogP contribution >= 0.6 is 0 Å². The fraction of sp³-hybridized carbons (Fsp3) is 0.487. The van der Waals surface area contributed by atoms with Gasteiger partial charge in [-0.15, -0.1) is 0 Å². The Labute approximate surface area is 312 Å². The van der Waals surface area contributed by atoms with Gasteiger partial charge in [0.05, 0.1) is 35.3 Å². The van der Waals surface area contributed by atoms with Crippen molar-refractivity contribution in [3.05, 3.63) is 96.1 Å². The lowest BCUT2D eigenvalue weighted by atomic mass is 9.89. The van der Waals surface area contributed by atoms with E-state index in [0.29, 0.717) is 30.0 Å². The maximum atomic E-state index is 14.0. The van der Waals surface area contributed by atoms with Crippen LogP contribution in [0.4, 0.5) is 13.2 Å². The van der Waals surface area contributed by atoms with Gasteiger partial charge in [0.2, 0.25) is 11.8 Å². The Morgan fingerprint density at radius 2 is 1.91 bits per heavy atom. The number of amides is 2. The van der Waals surface area contributed by atoms with E-state index in [-0.39, 0.29) is 38.6 Å². The summed E-state index contributed by atoms with van der Waals surface area (Å²) in [7, 11) is 0. The number of para-hydroxylation sites is 1. The summed E-state index contributed by atoms with van der Waals surface area (Å²) in [5.41, 5.74) is 2.36. The molecule has 1 fully saturated rings. The minimum atomic E-state index is -4.60. The Kier molecular flexibility index (Phi) is 12.2. The second-order valence-corrected chi connectivity index (χ2v) is 14.7. The number of hydrogen-bond acceptors (Lipinski definition) is 9. The molecule has 4 heterocycles. The third-order valence-corrected chi connectivity index (χ3v) is 10.4. The highest BCUT2D eigenvalue weighted by Gasteiger charge is 2.42. The molecular formula is C39H48F3N7O5. The summed E-state index contributed by atoms with van der Waals surface area (Å²) in [6.45, 7) is 3.16. The molecule has 5 atom stereocenters. The van der Waals surface area contributed by atoms with Crippen molar-refractivity contribution >= 4 is 11.8 Å². The number of pyridine rings is 1. The minimum Gasteiger partial charge on any atom is -0.490 e. The molecule has 0 saturated carbocycles. The van der Waals surface area contributed by atoms with E-state index in [9.17, 15) is 33.0 Å². The lowest BCUT2D eigenvalue weighted by molar-refractivity contribution is -0.144. The van der Waals surface area contributed by atoms with Gasteiger partial charge in [0.1, 0.15) is 31.0 Å². The molecule has 290 valence electrons. The number of allylic oxidation sites excluding steroid dienone is 4. The number of benzene rings is 1. The number of alkyl halides is 3. The SMILES string of the molecule is CC(C)(c1ccn(-c2cccnc2)n1)N1CCN(C[C@@H](O)C[C@@H](CC2=CCCC=C2)C(=O)N[C@H]2c3ccccc3OC[C@H]2O)[C@H](C(=O)NCC(F)(F)F)C1. The number of aliphatic hydroxyl groups is 2. The van der Waals surface area contributed by atoms with E-state index in [2.05, 4.69) is 21.7 Å². The van der Waals surface area contributed by atoms with E-state index >= 15 is 0 Å². The van der Waals surface area contributed by atoms with Crippen molar-refractivity contribution in [2.45, 2.75) is 75.5 Å². The highest BCUT2D eigenvalue weighted by molar-refractivity contribution is 5.82. The van der Waals surface area contributed by atoms with Gasteiger partial charge in [0, 0.05) is 50.1 Å². The van der Waals surface area contributed by atoms with E-state index in [1.807, 2.05) is 55.3 Å². The predicted molar refractivity (Wildman–Crippen MR) is 194 cm³/mol. The number of piperazine rings is 1. The molecule has 6 rings (SSSR count). The Hall–Kier alpha value is -4.57. The van der Waals surface area contributed by atoms with E-state index in [1.54, 1.807) is 46.2 Å². The van der Waals surface area contributed by atoms with Gasteiger partial charge in [0.25, 0.3) is 0 Å². The summed E-state index contributed by atoms with van der Waals surface area (Å²) in [5, 5.41) is 32.2. The molecule has 2 aliphatic heterocycles. The third kappa shape index (κ3) is 9.56. The molecule has 2 amide bonds. The molecule has 0 unspecified atom stereocenters. The summed E-state index contributed by atoms with van der Waals surface area (Å²) in [4.78, 5) is 35.3. The number of β-amino-alcohol motifs (C(OH)–C–C–N with tert-alkyl or cyclic N) is 1. The van der Waals surface area contributed by atoms with Crippen molar-refractivity contribution in [2.24, 2.45) is 5.92 Å². The first-order valence-electron chi connectivity index (χ1n) is 18.3. The molecule has 1 aliphatic carbocycles. The van der Waals surface area contributed by atoms with E-state index in [4.69, 9.17) is 9.84 Å². The van der Waals surface area contributed by atoms with Crippen molar-refractivity contribution in [1.29, 1.82) is 0 Å². The molecule has 54 heavy (non-hydrogen) atoms. The maximum absolute atomic E-state index is 14.0. The zero-order valence-corrected chi connectivity index (χ0v) is 30.5. The van der Waals surface area contributed by atoms with Gasteiger partial charge in [0.15, 0.2) is 0 Å². The largest absolute Gasteiger partial charge is 0.490 e. The number of hydrogen-bond donors (Lipinski definition) is 4. The van der Waals surface area contributed by atoms with E-state index in [1.165, 1.54) is 0 Å². The summed E-state index contributed by atoms with van der Waals surface area (Å²) < 4.78 is 47.1. The average molecular weight is 752 g/mol. The Bertz CT molecular complexity index is 1810. The number of aromatic nitrogens is 3. The fourth-order valence-corrected chi connectivity index (χ4v) is 7.40. The van der Waals surface area contributed by atoms with Gasteiger partial charge in [-0.25, -0.2) is 4.68 Å². The number of carbonyl (C=O) groups excluding carboxylic acids is 2. The van der Waals surface area contributed by atoms with Crippen molar-refractivity contribution in [1.82, 2.24) is 35.2 Å². The molecular weight excluding hydrogens is 703 g/mol. The zero-order valence-electron chi connectivity index (χ0n) is 30.5. The van der Waals surface area contributed by atoms with Crippen molar-refractivity contribution < 1.29 is 37.7 Å². The minimum absolute atomic E-state index is 0.0100. The van der Waals surface area contributed by atoms with Crippen LogP contribution in [0.15, 0.2) is 84.9 Å². The summed E-state index contributed by atoms with van der Waals surface area (Å²) >= 11 is 0. The topological polar surface area (TPSA) is 145 Å². The van der Waals surface area contributed by atoms with E-state index in [0.717, 1.165) is 24.1 Å². The molecule has 12 nitrogen and oxygen atoms in total. The third-order valence-electron chi connectivity index (χ3n) is 10.4. The molecule has 0 radical (unpaired) electrons. The normalized spacial score (nSPS) is 22.1. The smallest absolute Gasteiger partial charge is 0.405 e. The van der Waals surface area contributed by atoms with Crippen LogP contribution in [0.5, 0.6) is 5.75 Å². The fourth-order valence-electron chi connectivity index (χ4n) is 7.40. The molecule has 0 spiro atoms. The lowest BCUT2D eigenvalue weighted by Gasteiger charge is -2.47. The number of fused-ring (bicyclic) bond motifs is 1. The standard InChI is InChI=1S/C39H48F3N7O5/c1-38(2,34-14-16-49(46-34)28-11-8-15-43-21-28)48-18-17-47(31(23-48)37(53)44-25-39(40,41)42)22-29(50)20-27(19-26-9-4-3-5-10-26)36(52)45-35-30-12-6-7-13-33(30)54-24-32(35)51/h4,6-16,21,27,29,31-32,35,50-51H,3,5,17-20,22-25H2,1-2H3,(H,44,53)(H,45,52)/t27-,29+,31+,32-,35+/m1/s1. The number of nitrogens with one attached hydrogen (secondary N) is 2. The summed E-state index contributed by atoms with van der Waals surface area (Å²) in [6, 6.07) is 11.0. The molecule has 0 bridgehead atoms. The van der Waals surface area contributed by atoms with Gasteiger partial charge in [-0.3, -0.25) is 24.4 Å². The van der Waals surface area contributed by atoms with Crippen LogP contribution in [0.25, 0.3) is 5.69 Å². The number of aliphatic hydroxyl groups excluding tert-OH is 2. The zero-order chi connectivity index (χ0) is 38.5. The van der Waals surface area contributed by atoms with Crippen LogP contribution in [0.2, 0.25) is 0 Å². The van der Waals surface area contributed by atoms with Crippen LogP contribution in [0, 0.1) is 5.92 Å². The lowest BCUT2D eigenvalue weighted by Crippen LogP contribution is -2.63. The summed E-state index contributed by atoms with van der Waals surface area (Å²) in [5.74, 6) is -1.29. The highest BCUT2D eigenvalue weighted by atomic mass is 19.4. The van der Waals surface area contributed by atoms with Crippen LogP contribution < -0.4 is 15.4 Å².